The van der Waals surface area contributed by atoms with Gasteiger partial charge in [0.2, 0.25) is 0 Å². The van der Waals surface area contributed by atoms with Crippen LogP contribution < -0.4 is 5.32 Å². The Kier molecular flexibility index (Phi) is 8.86. The minimum Gasteiger partial charge on any atom is -0.450 e. The minimum atomic E-state index is -4.58. The van der Waals surface area contributed by atoms with E-state index in [2.05, 4.69) is 20.5 Å². The summed E-state index contributed by atoms with van der Waals surface area (Å²) in [6, 6.07) is 9.39. The first-order valence-corrected chi connectivity index (χ1v) is 13.2. The highest BCUT2D eigenvalue weighted by Crippen LogP contribution is 2.40. The highest BCUT2D eigenvalue weighted by Gasteiger charge is 2.35. The number of hydrogen-bond acceptors (Lipinski definition) is 5. The third-order valence-electron chi connectivity index (χ3n) is 6.34. The monoisotopic (exact) mass is 580 g/mol. The zero-order chi connectivity index (χ0) is 28.2. The summed E-state index contributed by atoms with van der Waals surface area (Å²) in [7, 11) is 0. The highest BCUT2D eigenvalue weighted by atomic mass is 35.5. The molecule has 2 aromatic carbocycles. The number of H-pyrrole nitrogens is 1. The molecule has 0 unspecified atom stereocenters. The number of aromatic nitrogens is 2. The number of rotatable bonds is 4. The largest absolute Gasteiger partial charge is 0.503 e. The van der Waals surface area contributed by atoms with Crippen LogP contribution in [-0.4, -0.2) is 43.7 Å². The number of amidine groups is 1. The van der Waals surface area contributed by atoms with Crippen molar-refractivity contribution in [3.05, 3.63) is 69.2 Å². The van der Waals surface area contributed by atoms with Crippen molar-refractivity contribution in [1.29, 1.82) is 0 Å². The number of nitrogens with zero attached hydrogens (tertiary/aromatic N) is 2. The van der Waals surface area contributed by atoms with Crippen molar-refractivity contribution in [3.63, 3.8) is 0 Å². The standard InChI is InChI=1S/C25H22ClF3N4OS.CH2O3/c26-17-8-6-15(20(12-17)25(27,28)29)11-19(14-7-9-21-16(10-14)13-30-33-21)22-23(34)32-24(35-22)31-18-4-2-1-3-5-18;2-1(3)4/h6-10,12-13,18H,1-5,11H2,(H,30,33)(H,31,32,34);(H2,2,3,4). The highest BCUT2D eigenvalue weighted by molar-refractivity contribution is 8.18. The van der Waals surface area contributed by atoms with Crippen LogP contribution in [0.25, 0.3) is 16.5 Å². The smallest absolute Gasteiger partial charge is 0.450 e. The van der Waals surface area contributed by atoms with Crippen LogP contribution in [0.5, 0.6) is 0 Å². The lowest BCUT2D eigenvalue weighted by atomic mass is 9.93. The Hall–Kier alpha value is -3.51. The molecule has 13 heteroatoms. The molecule has 2 heterocycles. The summed E-state index contributed by atoms with van der Waals surface area (Å²) in [5.74, 6) is -0.446. The van der Waals surface area contributed by atoms with Crippen molar-refractivity contribution < 1.29 is 33.0 Å². The molecule has 3 aromatic rings. The molecule has 1 saturated carbocycles. The van der Waals surface area contributed by atoms with E-state index >= 15 is 0 Å². The SMILES string of the molecule is O=C(O)O.O=C1N=C(NC2CCCCC2)SC1=C(Cc1ccc(Cl)cc1C(F)(F)F)c1ccc2[nH]ncc2c1. The van der Waals surface area contributed by atoms with Crippen molar-refractivity contribution >= 4 is 57.1 Å². The van der Waals surface area contributed by atoms with Gasteiger partial charge in [-0.2, -0.15) is 23.3 Å². The first-order chi connectivity index (χ1) is 18.5. The van der Waals surface area contributed by atoms with Gasteiger partial charge < -0.3 is 15.5 Å². The van der Waals surface area contributed by atoms with Gasteiger partial charge in [-0.1, -0.05) is 43.0 Å². The predicted molar refractivity (Wildman–Crippen MR) is 144 cm³/mol. The molecule has 0 bridgehead atoms. The van der Waals surface area contributed by atoms with Crippen molar-refractivity contribution in [2.24, 2.45) is 4.99 Å². The Labute approximate surface area is 230 Å². The number of thioether (sulfide) groups is 1. The molecule has 0 saturated heterocycles. The number of fused-ring (bicyclic) bond motifs is 1. The fourth-order valence-corrected chi connectivity index (χ4v) is 5.75. The number of hydrogen-bond donors (Lipinski definition) is 4. The molecule has 4 N–H and O–H groups in total. The Bertz CT molecular complexity index is 1440. The first-order valence-electron chi connectivity index (χ1n) is 12.0. The second-order valence-corrected chi connectivity index (χ2v) is 10.5. The molecule has 1 aromatic heterocycles. The number of alkyl halides is 3. The summed E-state index contributed by atoms with van der Waals surface area (Å²) in [5, 5.41) is 25.5. The van der Waals surface area contributed by atoms with Gasteiger partial charge in [-0.25, -0.2) is 4.79 Å². The average molecular weight is 581 g/mol. The van der Waals surface area contributed by atoms with Crippen LogP contribution in [0.15, 0.2) is 52.5 Å². The minimum absolute atomic E-state index is 0.00344. The summed E-state index contributed by atoms with van der Waals surface area (Å²) < 4.78 is 41.5. The Morgan fingerprint density at radius 1 is 1.13 bits per heavy atom. The number of benzene rings is 2. The number of carbonyl (C=O) groups is 2. The van der Waals surface area contributed by atoms with E-state index in [0.717, 1.165) is 42.7 Å². The van der Waals surface area contributed by atoms with E-state index in [1.807, 2.05) is 6.07 Å². The number of aliphatic imine (C=N–C) groups is 1. The van der Waals surface area contributed by atoms with Crippen molar-refractivity contribution in [2.45, 2.75) is 50.7 Å². The Morgan fingerprint density at radius 3 is 2.54 bits per heavy atom. The van der Waals surface area contributed by atoms with E-state index in [4.69, 9.17) is 26.6 Å². The number of carboxylic acid groups (broad SMARTS) is 2. The maximum atomic E-state index is 13.8. The summed E-state index contributed by atoms with van der Waals surface area (Å²) in [4.78, 5) is 26.1. The van der Waals surface area contributed by atoms with Crippen LogP contribution in [0.3, 0.4) is 0 Å². The van der Waals surface area contributed by atoms with E-state index in [9.17, 15) is 18.0 Å². The molecule has 1 aliphatic heterocycles. The lowest BCUT2D eigenvalue weighted by Gasteiger charge is -2.23. The van der Waals surface area contributed by atoms with Gasteiger partial charge in [0.1, 0.15) is 0 Å². The normalized spacial score (nSPS) is 17.4. The van der Waals surface area contributed by atoms with Gasteiger partial charge in [-0.05, 0) is 72.0 Å². The van der Waals surface area contributed by atoms with Crippen LogP contribution >= 0.6 is 23.4 Å². The van der Waals surface area contributed by atoms with E-state index < -0.39 is 23.8 Å². The number of amides is 1. The number of aromatic amines is 1. The van der Waals surface area contributed by atoms with Crippen LogP contribution in [0, 0.1) is 0 Å². The van der Waals surface area contributed by atoms with Gasteiger partial charge in [-0.3, -0.25) is 9.89 Å². The average Bonchev–Trinajstić information content (AvgIpc) is 3.48. The molecular weight excluding hydrogens is 557 g/mol. The molecule has 2 aliphatic rings. The van der Waals surface area contributed by atoms with Gasteiger partial charge >= 0.3 is 12.3 Å². The first kappa shape index (κ1) is 28.5. The molecule has 1 fully saturated rings. The summed E-state index contributed by atoms with van der Waals surface area (Å²) in [6.07, 6.45) is 0.591. The molecule has 0 radical (unpaired) electrons. The van der Waals surface area contributed by atoms with Crippen LogP contribution in [-0.2, 0) is 17.4 Å². The maximum absolute atomic E-state index is 13.8. The Morgan fingerprint density at radius 2 is 1.85 bits per heavy atom. The van der Waals surface area contributed by atoms with Crippen LogP contribution in [0.4, 0.5) is 18.0 Å². The molecule has 0 spiro atoms. The zero-order valence-electron chi connectivity index (χ0n) is 20.4. The van der Waals surface area contributed by atoms with Gasteiger partial charge in [0.25, 0.3) is 5.91 Å². The van der Waals surface area contributed by atoms with Gasteiger partial charge in [0.05, 0.1) is 22.2 Å². The van der Waals surface area contributed by atoms with E-state index in [-0.39, 0.29) is 23.0 Å². The molecule has 5 rings (SSSR count). The molecule has 39 heavy (non-hydrogen) atoms. The molecule has 8 nitrogen and oxygen atoms in total. The zero-order valence-corrected chi connectivity index (χ0v) is 22.0. The molecule has 1 amide bonds. The summed E-state index contributed by atoms with van der Waals surface area (Å²) in [5.41, 5.74) is 1.15. The van der Waals surface area contributed by atoms with E-state index in [1.54, 1.807) is 18.3 Å². The fourth-order valence-electron chi connectivity index (χ4n) is 4.58. The molecule has 0 atom stereocenters. The van der Waals surface area contributed by atoms with Crippen molar-refractivity contribution in [1.82, 2.24) is 15.5 Å². The molecule has 206 valence electrons. The maximum Gasteiger partial charge on any atom is 0.503 e. The van der Waals surface area contributed by atoms with E-state index in [1.165, 1.54) is 30.3 Å². The van der Waals surface area contributed by atoms with E-state index in [0.29, 0.717) is 21.2 Å². The van der Waals surface area contributed by atoms with Crippen LogP contribution in [0.2, 0.25) is 5.02 Å². The third-order valence-corrected chi connectivity index (χ3v) is 7.60. The van der Waals surface area contributed by atoms with Crippen LogP contribution in [0.1, 0.15) is 48.8 Å². The van der Waals surface area contributed by atoms with Gasteiger partial charge in [0, 0.05) is 16.5 Å². The lowest BCUT2D eigenvalue weighted by Crippen LogP contribution is -2.33. The quantitative estimate of drug-likeness (QED) is 0.245. The van der Waals surface area contributed by atoms with Gasteiger partial charge in [-0.15, -0.1) is 0 Å². The predicted octanol–water partition coefficient (Wildman–Crippen LogP) is 6.96. The number of nitrogens with one attached hydrogen (secondary N) is 2. The second kappa shape index (κ2) is 12.1. The molecule has 1 aliphatic carbocycles. The third kappa shape index (κ3) is 7.33. The fraction of sp³-hybridized carbons (Fsp3) is 0.308. The van der Waals surface area contributed by atoms with Crippen molar-refractivity contribution in [3.8, 4) is 0 Å². The number of carbonyl (C=O) groups excluding carboxylic acids is 1. The Balaban J connectivity index is 0.000000826. The molecular formula is C26H24ClF3N4O4S. The topological polar surface area (TPSA) is 128 Å². The lowest BCUT2D eigenvalue weighted by molar-refractivity contribution is -0.138. The van der Waals surface area contributed by atoms with Crippen molar-refractivity contribution in [2.75, 3.05) is 0 Å². The summed E-state index contributed by atoms with van der Waals surface area (Å²) >= 11 is 7.08. The second-order valence-electron chi connectivity index (χ2n) is 9.04. The number of allylic oxidation sites excluding steroid dienone is 1. The number of halogens is 4. The summed E-state index contributed by atoms with van der Waals surface area (Å²) in [6.45, 7) is 0. The van der Waals surface area contributed by atoms with Gasteiger partial charge in [0.15, 0.2) is 5.17 Å².